The first-order chi connectivity index (χ1) is 10.3. The van der Waals surface area contributed by atoms with E-state index in [-0.39, 0.29) is 12.1 Å². The first kappa shape index (κ1) is 14.4. The largest absolute Gasteiger partial charge is 0.412 e. The average molecular weight is 288 g/mol. The molecule has 2 aliphatic rings. The predicted molar refractivity (Wildman–Crippen MR) is 82.5 cm³/mol. The van der Waals surface area contributed by atoms with Crippen molar-refractivity contribution in [1.82, 2.24) is 10.2 Å². The van der Waals surface area contributed by atoms with Gasteiger partial charge in [-0.15, -0.1) is 0 Å². The van der Waals surface area contributed by atoms with Gasteiger partial charge in [-0.3, -0.25) is 0 Å². The summed E-state index contributed by atoms with van der Waals surface area (Å²) in [5.41, 5.74) is 0. The number of carbonyl (C=O) groups is 1. The second-order valence-electron chi connectivity index (χ2n) is 6.10. The minimum Gasteiger partial charge on any atom is -0.410 e. The lowest BCUT2D eigenvalue weighted by molar-refractivity contribution is 0.139. The fourth-order valence-electron chi connectivity index (χ4n) is 3.47. The van der Waals surface area contributed by atoms with Gasteiger partial charge in [0.15, 0.2) is 0 Å². The molecular weight excluding hydrogens is 264 g/mol. The molecule has 4 nitrogen and oxygen atoms in total. The Morgan fingerprint density at radius 3 is 2.38 bits per heavy atom. The van der Waals surface area contributed by atoms with Crippen molar-refractivity contribution >= 4 is 6.09 Å². The molecule has 1 aliphatic carbocycles. The van der Waals surface area contributed by atoms with Crippen LogP contribution in [0.4, 0.5) is 4.79 Å². The van der Waals surface area contributed by atoms with Crippen LogP contribution in [-0.2, 0) is 0 Å². The molecule has 0 radical (unpaired) electrons. The van der Waals surface area contributed by atoms with Gasteiger partial charge in [-0.25, -0.2) is 4.79 Å². The number of hydrogen-bond donors (Lipinski definition) is 1. The Morgan fingerprint density at radius 2 is 1.71 bits per heavy atom. The van der Waals surface area contributed by atoms with Crippen LogP contribution in [0, 0.1) is 0 Å². The first-order valence-electron chi connectivity index (χ1n) is 8.09. The van der Waals surface area contributed by atoms with Gasteiger partial charge in [0.25, 0.3) is 0 Å². The predicted octanol–water partition coefficient (Wildman–Crippen LogP) is 3.18. The van der Waals surface area contributed by atoms with E-state index in [0.29, 0.717) is 5.75 Å². The van der Waals surface area contributed by atoms with Crippen molar-refractivity contribution in [3.05, 3.63) is 30.3 Å². The van der Waals surface area contributed by atoms with Gasteiger partial charge in [0.05, 0.1) is 0 Å². The lowest BCUT2D eigenvalue weighted by Crippen LogP contribution is -2.47. The zero-order chi connectivity index (χ0) is 14.5. The molecule has 1 heterocycles. The SMILES string of the molecule is O=C(NC1CCN(C2CCCC2)CC1)Oc1ccccc1. The summed E-state index contributed by atoms with van der Waals surface area (Å²) in [4.78, 5) is 14.5. The van der Waals surface area contributed by atoms with Gasteiger partial charge in [0, 0.05) is 25.2 Å². The summed E-state index contributed by atoms with van der Waals surface area (Å²) < 4.78 is 5.28. The molecule has 0 bridgehead atoms. The number of piperidine rings is 1. The minimum absolute atomic E-state index is 0.249. The number of nitrogens with one attached hydrogen (secondary N) is 1. The van der Waals surface area contributed by atoms with Crippen molar-refractivity contribution in [2.45, 2.75) is 50.6 Å². The van der Waals surface area contributed by atoms with E-state index in [1.54, 1.807) is 12.1 Å². The number of likely N-dealkylation sites (tertiary alicyclic amines) is 1. The van der Waals surface area contributed by atoms with Crippen molar-refractivity contribution in [3.63, 3.8) is 0 Å². The Kier molecular flexibility index (Phi) is 4.76. The molecule has 2 fully saturated rings. The van der Waals surface area contributed by atoms with E-state index < -0.39 is 0 Å². The smallest absolute Gasteiger partial charge is 0.410 e. The van der Waals surface area contributed by atoms with Gasteiger partial charge in [0.2, 0.25) is 0 Å². The molecule has 0 spiro atoms. The second-order valence-corrected chi connectivity index (χ2v) is 6.10. The molecule has 3 rings (SSSR count). The maximum Gasteiger partial charge on any atom is 0.412 e. The van der Waals surface area contributed by atoms with Crippen LogP contribution in [0.1, 0.15) is 38.5 Å². The standard InChI is InChI=1S/C17H24N2O2/c20-17(21-16-8-2-1-3-9-16)18-14-10-12-19(13-11-14)15-6-4-5-7-15/h1-3,8-9,14-15H,4-7,10-13H2,(H,18,20). The van der Waals surface area contributed by atoms with Crippen molar-refractivity contribution in [3.8, 4) is 5.75 Å². The molecule has 0 atom stereocenters. The Morgan fingerprint density at radius 1 is 1.05 bits per heavy atom. The van der Waals surface area contributed by atoms with Crippen LogP contribution in [0.5, 0.6) is 5.75 Å². The van der Waals surface area contributed by atoms with E-state index in [2.05, 4.69) is 10.2 Å². The third kappa shape index (κ3) is 3.97. The monoisotopic (exact) mass is 288 g/mol. The second kappa shape index (κ2) is 6.94. The molecule has 0 aromatic heterocycles. The number of benzene rings is 1. The highest BCUT2D eigenvalue weighted by molar-refractivity contribution is 5.70. The molecule has 0 unspecified atom stereocenters. The number of nitrogens with zero attached hydrogens (tertiary/aromatic N) is 1. The van der Waals surface area contributed by atoms with Crippen LogP contribution in [-0.4, -0.2) is 36.2 Å². The summed E-state index contributed by atoms with van der Waals surface area (Å²) in [7, 11) is 0. The van der Waals surface area contributed by atoms with Gasteiger partial charge in [-0.1, -0.05) is 31.0 Å². The minimum atomic E-state index is -0.333. The molecular formula is C17H24N2O2. The molecule has 1 aromatic carbocycles. The van der Waals surface area contributed by atoms with Crippen molar-refractivity contribution in [2.75, 3.05) is 13.1 Å². The van der Waals surface area contributed by atoms with Crippen LogP contribution in [0.2, 0.25) is 0 Å². The van der Waals surface area contributed by atoms with E-state index in [1.807, 2.05) is 18.2 Å². The Balaban J connectivity index is 1.41. The maximum absolute atomic E-state index is 11.9. The zero-order valence-electron chi connectivity index (χ0n) is 12.5. The average Bonchev–Trinajstić information content (AvgIpc) is 3.03. The van der Waals surface area contributed by atoms with E-state index >= 15 is 0 Å². The number of amides is 1. The third-order valence-electron chi connectivity index (χ3n) is 4.65. The van der Waals surface area contributed by atoms with Gasteiger partial charge >= 0.3 is 6.09 Å². The lowest BCUT2D eigenvalue weighted by atomic mass is 10.0. The zero-order valence-corrected chi connectivity index (χ0v) is 12.5. The fourth-order valence-corrected chi connectivity index (χ4v) is 3.47. The van der Waals surface area contributed by atoms with Crippen molar-refractivity contribution in [1.29, 1.82) is 0 Å². The lowest BCUT2D eigenvalue weighted by Gasteiger charge is -2.36. The number of ether oxygens (including phenoxy) is 1. The number of carbonyl (C=O) groups excluding carboxylic acids is 1. The van der Waals surface area contributed by atoms with E-state index in [9.17, 15) is 4.79 Å². The molecule has 1 aliphatic heterocycles. The molecule has 21 heavy (non-hydrogen) atoms. The summed E-state index contributed by atoms with van der Waals surface area (Å²) in [6.07, 6.45) is 7.20. The molecule has 1 amide bonds. The van der Waals surface area contributed by atoms with Crippen LogP contribution in [0.15, 0.2) is 30.3 Å². The Labute approximate surface area is 126 Å². The molecule has 1 aromatic rings. The summed E-state index contributed by atoms with van der Waals surface area (Å²) in [6.45, 7) is 2.20. The summed E-state index contributed by atoms with van der Waals surface area (Å²) in [6, 6.07) is 10.3. The summed E-state index contributed by atoms with van der Waals surface area (Å²) >= 11 is 0. The van der Waals surface area contributed by atoms with Crippen LogP contribution in [0.25, 0.3) is 0 Å². The molecule has 1 saturated heterocycles. The van der Waals surface area contributed by atoms with Crippen LogP contribution < -0.4 is 10.1 Å². The van der Waals surface area contributed by atoms with E-state index in [1.165, 1.54) is 25.7 Å². The van der Waals surface area contributed by atoms with Gasteiger partial charge in [-0.05, 0) is 37.8 Å². The highest BCUT2D eigenvalue weighted by atomic mass is 16.6. The molecule has 4 heteroatoms. The number of rotatable bonds is 3. The summed E-state index contributed by atoms with van der Waals surface area (Å²) in [5, 5.41) is 2.99. The third-order valence-corrected chi connectivity index (χ3v) is 4.65. The number of para-hydroxylation sites is 1. The first-order valence-corrected chi connectivity index (χ1v) is 8.09. The fraction of sp³-hybridized carbons (Fsp3) is 0.588. The van der Waals surface area contributed by atoms with Crippen molar-refractivity contribution < 1.29 is 9.53 Å². The van der Waals surface area contributed by atoms with Gasteiger partial charge < -0.3 is 15.0 Å². The van der Waals surface area contributed by atoms with Crippen molar-refractivity contribution in [2.24, 2.45) is 0 Å². The highest BCUT2D eigenvalue weighted by Crippen LogP contribution is 2.26. The quantitative estimate of drug-likeness (QED) is 0.928. The van der Waals surface area contributed by atoms with E-state index in [4.69, 9.17) is 4.74 Å². The number of hydrogen-bond acceptors (Lipinski definition) is 3. The summed E-state index contributed by atoms with van der Waals surface area (Å²) in [5.74, 6) is 0.596. The normalized spacial score (nSPS) is 21.3. The van der Waals surface area contributed by atoms with Crippen LogP contribution >= 0.6 is 0 Å². The maximum atomic E-state index is 11.9. The van der Waals surface area contributed by atoms with E-state index in [0.717, 1.165) is 32.0 Å². The highest BCUT2D eigenvalue weighted by Gasteiger charge is 2.27. The topological polar surface area (TPSA) is 41.6 Å². The Bertz CT molecular complexity index is 449. The van der Waals surface area contributed by atoms with Gasteiger partial charge in [-0.2, -0.15) is 0 Å². The van der Waals surface area contributed by atoms with Gasteiger partial charge in [0.1, 0.15) is 5.75 Å². The molecule has 114 valence electrons. The molecule has 1 saturated carbocycles. The molecule has 1 N–H and O–H groups in total. The van der Waals surface area contributed by atoms with Crippen LogP contribution in [0.3, 0.4) is 0 Å². The Hall–Kier alpha value is -1.55.